The summed E-state index contributed by atoms with van der Waals surface area (Å²) in [4.78, 5) is 23.0. The highest BCUT2D eigenvalue weighted by Gasteiger charge is 2.45. The maximum absolute atomic E-state index is 11.9. The Kier molecular flexibility index (Phi) is 3.18. The molecule has 0 saturated carbocycles. The van der Waals surface area contributed by atoms with Crippen LogP contribution in [0.3, 0.4) is 0 Å². The first-order valence-electron chi connectivity index (χ1n) is 5.53. The van der Waals surface area contributed by atoms with Gasteiger partial charge >= 0.3 is 6.03 Å². The lowest BCUT2D eigenvalue weighted by Gasteiger charge is -2.23. The Balaban J connectivity index is 2.66. The first kappa shape index (κ1) is 14.3. The Morgan fingerprint density at radius 2 is 1.95 bits per heavy atom. The highest BCUT2D eigenvalue weighted by molar-refractivity contribution is 7.89. The second-order valence-corrected chi connectivity index (χ2v) is 6.00. The standard InChI is InChI=1S/C11H13N3O5S/c1-11(9(15)13-10(16)14-11)7-5-6(20(12,17)18)3-4-8(7)19-2/h3-5H,1-2H3,(H2,12,17,18)(H2,13,14,15,16). The van der Waals surface area contributed by atoms with E-state index >= 15 is 0 Å². The van der Waals surface area contributed by atoms with Gasteiger partial charge in [0.25, 0.3) is 5.91 Å². The molecule has 1 saturated heterocycles. The summed E-state index contributed by atoms with van der Waals surface area (Å²) < 4.78 is 27.9. The molecule has 1 aliphatic heterocycles. The number of hydrogen-bond acceptors (Lipinski definition) is 5. The van der Waals surface area contributed by atoms with Crippen LogP contribution >= 0.6 is 0 Å². The second-order valence-electron chi connectivity index (χ2n) is 4.44. The predicted octanol–water partition coefficient (Wildman–Crippen LogP) is -0.603. The summed E-state index contributed by atoms with van der Waals surface area (Å²) in [5, 5.41) is 9.59. The minimum absolute atomic E-state index is 0.177. The van der Waals surface area contributed by atoms with Crippen LogP contribution < -0.4 is 20.5 Å². The Labute approximate surface area is 115 Å². The van der Waals surface area contributed by atoms with Crippen molar-refractivity contribution in [1.82, 2.24) is 10.6 Å². The van der Waals surface area contributed by atoms with Crippen LogP contribution in [-0.2, 0) is 20.4 Å². The van der Waals surface area contributed by atoms with E-state index in [0.717, 1.165) is 0 Å². The predicted molar refractivity (Wildman–Crippen MR) is 68.4 cm³/mol. The molecular weight excluding hydrogens is 286 g/mol. The number of hydrogen-bond donors (Lipinski definition) is 3. The van der Waals surface area contributed by atoms with E-state index in [-0.39, 0.29) is 16.2 Å². The molecule has 0 spiro atoms. The van der Waals surface area contributed by atoms with Crippen LogP contribution in [0.5, 0.6) is 5.75 Å². The Morgan fingerprint density at radius 1 is 1.30 bits per heavy atom. The van der Waals surface area contributed by atoms with Crippen molar-refractivity contribution in [3.05, 3.63) is 23.8 Å². The number of primary sulfonamides is 1. The monoisotopic (exact) mass is 299 g/mol. The molecule has 0 radical (unpaired) electrons. The molecule has 0 bridgehead atoms. The fourth-order valence-electron chi connectivity index (χ4n) is 1.99. The minimum atomic E-state index is -3.94. The number of sulfonamides is 1. The third-order valence-corrected chi connectivity index (χ3v) is 3.99. The van der Waals surface area contributed by atoms with Crippen LogP contribution in [0.25, 0.3) is 0 Å². The topological polar surface area (TPSA) is 128 Å². The smallest absolute Gasteiger partial charge is 0.322 e. The zero-order chi connectivity index (χ0) is 15.1. The van der Waals surface area contributed by atoms with Gasteiger partial charge in [-0.3, -0.25) is 10.1 Å². The Morgan fingerprint density at radius 3 is 2.40 bits per heavy atom. The van der Waals surface area contributed by atoms with Gasteiger partial charge in [-0.05, 0) is 25.1 Å². The van der Waals surface area contributed by atoms with Crippen LogP contribution in [0.15, 0.2) is 23.1 Å². The van der Waals surface area contributed by atoms with Gasteiger partial charge in [-0.15, -0.1) is 0 Å². The molecule has 8 nitrogen and oxygen atoms in total. The number of rotatable bonds is 3. The third kappa shape index (κ3) is 2.21. The van der Waals surface area contributed by atoms with Gasteiger partial charge in [-0.2, -0.15) is 0 Å². The average Bonchev–Trinajstić information content (AvgIpc) is 2.62. The highest BCUT2D eigenvalue weighted by atomic mass is 32.2. The quantitative estimate of drug-likeness (QED) is 0.642. The van der Waals surface area contributed by atoms with Crippen molar-refractivity contribution in [3.8, 4) is 5.75 Å². The molecule has 108 valence electrons. The van der Waals surface area contributed by atoms with Crippen molar-refractivity contribution < 1.29 is 22.7 Å². The van der Waals surface area contributed by atoms with E-state index in [2.05, 4.69) is 10.6 Å². The molecule has 1 aromatic rings. The van der Waals surface area contributed by atoms with Crippen molar-refractivity contribution in [2.75, 3.05) is 7.11 Å². The van der Waals surface area contributed by atoms with Crippen molar-refractivity contribution in [1.29, 1.82) is 0 Å². The van der Waals surface area contributed by atoms with Gasteiger partial charge in [0.2, 0.25) is 10.0 Å². The zero-order valence-electron chi connectivity index (χ0n) is 10.8. The Bertz CT molecular complexity index is 700. The van der Waals surface area contributed by atoms with Gasteiger partial charge in [0, 0.05) is 5.56 Å². The van der Waals surface area contributed by atoms with Crippen LogP contribution in [-0.4, -0.2) is 27.5 Å². The molecule has 20 heavy (non-hydrogen) atoms. The number of ether oxygens (including phenoxy) is 1. The number of nitrogens with two attached hydrogens (primary N) is 1. The first-order valence-corrected chi connectivity index (χ1v) is 7.08. The number of imide groups is 1. The molecule has 0 aromatic heterocycles. The van der Waals surface area contributed by atoms with Gasteiger partial charge in [0.1, 0.15) is 11.3 Å². The van der Waals surface area contributed by atoms with Gasteiger partial charge < -0.3 is 10.1 Å². The number of carbonyl (C=O) groups excluding carboxylic acids is 2. The van der Waals surface area contributed by atoms with Crippen LogP contribution in [0.2, 0.25) is 0 Å². The van der Waals surface area contributed by atoms with E-state index in [4.69, 9.17) is 9.88 Å². The van der Waals surface area contributed by atoms with Gasteiger partial charge in [-0.1, -0.05) is 0 Å². The molecule has 1 aromatic carbocycles. The van der Waals surface area contributed by atoms with Crippen molar-refractivity contribution in [2.24, 2.45) is 5.14 Å². The van der Waals surface area contributed by atoms with Crippen LogP contribution in [0.4, 0.5) is 4.79 Å². The summed E-state index contributed by atoms with van der Waals surface area (Å²) in [5.74, 6) is -0.343. The van der Waals surface area contributed by atoms with Gasteiger partial charge in [0.05, 0.1) is 12.0 Å². The Hall–Kier alpha value is -2.13. The molecule has 1 aliphatic rings. The summed E-state index contributed by atoms with van der Waals surface area (Å²) in [6.45, 7) is 1.44. The van der Waals surface area contributed by atoms with E-state index in [1.54, 1.807) is 0 Å². The highest BCUT2D eigenvalue weighted by Crippen LogP contribution is 2.33. The minimum Gasteiger partial charge on any atom is -0.496 e. The maximum Gasteiger partial charge on any atom is 0.322 e. The van der Waals surface area contributed by atoms with E-state index in [1.165, 1.54) is 32.2 Å². The van der Waals surface area contributed by atoms with Crippen molar-refractivity contribution in [2.45, 2.75) is 17.4 Å². The summed E-state index contributed by atoms with van der Waals surface area (Å²) >= 11 is 0. The SMILES string of the molecule is COc1ccc(S(N)(=O)=O)cc1C1(C)NC(=O)NC1=O. The molecule has 3 amide bonds. The molecule has 0 aliphatic carbocycles. The largest absolute Gasteiger partial charge is 0.496 e. The first-order chi connectivity index (χ1) is 9.18. The maximum atomic E-state index is 11.9. The molecule has 1 heterocycles. The third-order valence-electron chi connectivity index (χ3n) is 3.08. The number of nitrogens with one attached hydrogen (secondary N) is 2. The van der Waals surface area contributed by atoms with E-state index in [1.807, 2.05) is 0 Å². The van der Waals surface area contributed by atoms with Crippen LogP contribution in [0, 0.1) is 0 Å². The summed E-state index contributed by atoms with van der Waals surface area (Å²) in [5.41, 5.74) is -1.22. The van der Waals surface area contributed by atoms with Gasteiger partial charge in [-0.25, -0.2) is 18.4 Å². The molecule has 4 N–H and O–H groups in total. The number of urea groups is 1. The fourth-order valence-corrected chi connectivity index (χ4v) is 2.53. The average molecular weight is 299 g/mol. The summed E-state index contributed by atoms with van der Waals surface area (Å²) in [6.07, 6.45) is 0. The van der Waals surface area contributed by atoms with Crippen molar-refractivity contribution >= 4 is 22.0 Å². The molecule has 9 heteroatoms. The molecule has 2 rings (SSSR count). The van der Waals surface area contributed by atoms with Gasteiger partial charge in [0.15, 0.2) is 0 Å². The van der Waals surface area contributed by atoms with Crippen LogP contribution in [0.1, 0.15) is 12.5 Å². The number of amides is 3. The molecule has 1 atom stereocenters. The number of methoxy groups -OCH3 is 1. The summed E-state index contributed by atoms with van der Waals surface area (Å²) in [6, 6.07) is 3.17. The van der Waals surface area contributed by atoms with E-state index in [9.17, 15) is 18.0 Å². The van der Waals surface area contributed by atoms with E-state index in [0.29, 0.717) is 0 Å². The zero-order valence-corrected chi connectivity index (χ0v) is 11.6. The van der Waals surface area contributed by atoms with E-state index < -0.39 is 27.5 Å². The normalized spacial score (nSPS) is 22.4. The molecule has 1 fully saturated rings. The number of benzene rings is 1. The molecule has 1 unspecified atom stereocenters. The molecular formula is C11H13N3O5S. The lowest BCUT2D eigenvalue weighted by Crippen LogP contribution is -2.41. The fraction of sp³-hybridized carbons (Fsp3) is 0.273. The number of carbonyl (C=O) groups is 2. The summed E-state index contributed by atoms with van der Waals surface area (Å²) in [7, 11) is -2.57. The lowest BCUT2D eigenvalue weighted by atomic mass is 9.91. The lowest BCUT2D eigenvalue weighted by molar-refractivity contribution is -0.123. The second kappa shape index (κ2) is 4.46. The van der Waals surface area contributed by atoms with Crippen molar-refractivity contribution in [3.63, 3.8) is 0 Å².